The van der Waals surface area contributed by atoms with Crippen molar-refractivity contribution in [2.24, 2.45) is 11.7 Å². The molecule has 1 rings (SSSR count). The largest absolute Gasteiger partial charge is 0.481 e. The molecular weight excluding hydrogens is 292 g/mol. The Labute approximate surface area is 129 Å². The Morgan fingerprint density at radius 3 is 2.52 bits per heavy atom. The summed E-state index contributed by atoms with van der Waals surface area (Å²) in [6.45, 7) is 3.71. The third-order valence-electron chi connectivity index (χ3n) is 3.35. The van der Waals surface area contributed by atoms with E-state index in [0.29, 0.717) is 17.0 Å². The summed E-state index contributed by atoms with van der Waals surface area (Å²) in [6.07, 6.45) is 2.31. The van der Waals surface area contributed by atoms with Crippen molar-refractivity contribution in [2.75, 3.05) is 5.32 Å². The molecule has 0 saturated carbocycles. The number of nitrogens with one attached hydrogen (secondary N) is 1. The number of aliphatic carboxylic acids is 1. The van der Waals surface area contributed by atoms with Gasteiger partial charge in [0.05, 0.1) is 16.6 Å². The van der Waals surface area contributed by atoms with Crippen LogP contribution in [-0.2, 0) is 4.79 Å². The van der Waals surface area contributed by atoms with Crippen LogP contribution in [0.2, 0.25) is 5.02 Å². The molecule has 0 radical (unpaired) electrons. The van der Waals surface area contributed by atoms with Gasteiger partial charge in [-0.05, 0) is 38.0 Å². The SMILES string of the molecule is CC(CCCC(C)C(=O)O)Nc1ccc(C(N)=O)cc1Cl. The summed E-state index contributed by atoms with van der Waals surface area (Å²) in [5.74, 6) is -1.60. The topological polar surface area (TPSA) is 92.4 Å². The maximum atomic E-state index is 11.0. The maximum absolute atomic E-state index is 11.0. The van der Waals surface area contributed by atoms with E-state index in [1.54, 1.807) is 19.1 Å². The van der Waals surface area contributed by atoms with Gasteiger partial charge in [-0.25, -0.2) is 0 Å². The Balaban J connectivity index is 2.49. The Hall–Kier alpha value is -1.75. The molecule has 0 aliphatic rings. The number of hydrogen-bond acceptors (Lipinski definition) is 3. The van der Waals surface area contributed by atoms with Crippen LogP contribution >= 0.6 is 11.6 Å². The normalized spacial score (nSPS) is 13.5. The van der Waals surface area contributed by atoms with Gasteiger partial charge in [0.15, 0.2) is 0 Å². The summed E-state index contributed by atoms with van der Waals surface area (Å²) in [6, 6.07) is 5.03. The number of carbonyl (C=O) groups excluding carboxylic acids is 1. The number of benzene rings is 1. The van der Waals surface area contributed by atoms with E-state index in [1.165, 1.54) is 6.07 Å². The summed E-state index contributed by atoms with van der Waals surface area (Å²) in [5.41, 5.74) is 6.29. The van der Waals surface area contributed by atoms with Gasteiger partial charge in [0.25, 0.3) is 0 Å². The first kappa shape index (κ1) is 17.3. The Kier molecular flexibility index (Phi) is 6.49. The van der Waals surface area contributed by atoms with Gasteiger partial charge in [0.1, 0.15) is 0 Å². The number of rotatable bonds is 8. The van der Waals surface area contributed by atoms with Crippen LogP contribution < -0.4 is 11.1 Å². The standard InChI is InChI=1S/C15H21ClN2O3/c1-9(15(20)21)4-3-5-10(2)18-13-7-6-11(14(17)19)8-12(13)16/h6-10,18H,3-5H2,1-2H3,(H2,17,19)(H,20,21). The quantitative estimate of drug-likeness (QED) is 0.687. The third kappa shape index (κ3) is 5.63. The van der Waals surface area contributed by atoms with Gasteiger partial charge in [0.2, 0.25) is 5.91 Å². The highest BCUT2D eigenvalue weighted by Gasteiger charge is 2.12. The average molecular weight is 313 g/mol. The molecule has 6 heteroatoms. The lowest BCUT2D eigenvalue weighted by Gasteiger charge is -2.17. The van der Waals surface area contributed by atoms with E-state index in [1.807, 2.05) is 6.92 Å². The minimum absolute atomic E-state index is 0.155. The van der Waals surface area contributed by atoms with Crippen molar-refractivity contribution in [3.05, 3.63) is 28.8 Å². The molecule has 5 nitrogen and oxygen atoms in total. The number of carbonyl (C=O) groups is 2. The highest BCUT2D eigenvalue weighted by molar-refractivity contribution is 6.33. The van der Waals surface area contributed by atoms with E-state index in [-0.39, 0.29) is 12.0 Å². The van der Waals surface area contributed by atoms with Crippen LogP contribution in [-0.4, -0.2) is 23.0 Å². The molecule has 1 aromatic carbocycles. The van der Waals surface area contributed by atoms with E-state index >= 15 is 0 Å². The van der Waals surface area contributed by atoms with Crippen molar-refractivity contribution in [2.45, 2.75) is 39.2 Å². The number of hydrogen-bond donors (Lipinski definition) is 3. The van der Waals surface area contributed by atoms with Crippen molar-refractivity contribution in [3.8, 4) is 0 Å². The summed E-state index contributed by atoms with van der Waals surface area (Å²) in [4.78, 5) is 21.8. The number of halogens is 1. The lowest BCUT2D eigenvalue weighted by Crippen LogP contribution is -2.17. The predicted octanol–water partition coefficient (Wildman–Crippen LogP) is 3.13. The van der Waals surface area contributed by atoms with Gasteiger partial charge >= 0.3 is 5.97 Å². The Morgan fingerprint density at radius 1 is 1.33 bits per heavy atom. The van der Waals surface area contributed by atoms with Crippen LogP contribution in [0.15, 0.2) is 18.2 Å². The van der Waals surface area contributed by atoms with Crippen LogP contribution in [0.25, 0.3) is 0 Å². The molecule has 0 aliphatic carbocycles. The highest BCUT2D eigenvalue weighted by atomic mass is 35.5. The maximum Gasteiger partial charge on any atom is 0.306 e. The minimum Gasteiger partial charge on any atom is -0.481 e. The van der Waals surface area contributed by atoms with Gasteiger partial charge < -0.3 is 16.2 Å². The number of carboxylic acids is 1. The van der Waals surface area contributed by atoms with Crippen molar-refractivity contribution in [1.82, 2.24) is 0 Å². The smallest absolute Gasteiger partial charge is 0.306 e. The molecule has 2 atom stereocenters. The molecule has 0 fully saturated rings. The number of carboxylic acid groups (broad SMARTS) is 1. The number of primary amides is 1. The van der Waals surface area contributed by atoms with E-state index in [9.17, 15) is 9.59 Å². The average Bonchev–Trinajstić information content (AvgIpc) is 2.40. The first-order valence-corrected chi connectivity index (χ1v) is 7.27. The molecule has 0 heterocycles. The van der Waals surface area contributed by atoms with Crippen molar-refractivity contribution < 1.29 is 14.7 Å². The summed E-state index contributed by atoms with van der Waals surface area (Å²) in [7, 11) is 0. The Bertz CT molecular complexity index is 520. The lowest BCUT2D eigenvalue weighted by molar-refractivity contribution is -0.141. The predicted molar refractivity (Wildman–Crippen MR) is 83.7 cm³/mol. The zero-order chi connectivity index (χ0) is 16.0. The van der Waals surface area contributed by atoms with Crippen LogP contribution in [0.5, 0.6) is 0 Å². The number of amides is 1. The summed E-state index contributed by atoms with van der Waals surface area (Å²) >= 11 is 6.10. The molecule has 1 amide bonds. The van der Waals surface area contributed by atoms with Crippen LogP contribution in [0.1, 0.15) is 43.5 Å². The van der Waals surface area contributed by atoms with Crippen molar-refractivity contribution in [3.63, 3.8) is 0 Å². The Morgan fingerprint density at radius 2 is 2.00 bits per heavy atom. The zero-order valence-corrected chi connectivity index (χ0v) is 13.0. The monoisotopic (exact) mass is 312 g/mol. The molecule has 4 N–H and O–H groups in total. The van der Waals surface area contributed by atoms with E-state index in [0.717, 1.165) is 18.5 Å². The van der Waals surface area contributed by atoms with E-state index < -0.39 is 11.9 Å². The molecule has 0 saturated heterocycles. The first-order valence-electron chi connectivity index (χ1n) is 6.90. The second-order valence-electron chi connectivity index (χ2n) is 5.27. The lowest BCUT2D eigenvalue weighted by atomic mass is 10.0. The van der Waals surface area contributed by atoms with E-state index in [4.69, 9.17) is 22.4 Å². The molecule has 0 aromatic heterocycles. The highest BCUT2D eigenvalue weighted by Crippen LogP contribution is 2.24. The molecular formula is C15H21ClN2O3. The molecule has 116 valence electrons. The zero-order valence-electron chi connectivity index (χ0n) is 12.2. The molecule has 21 heavy (non-hydrogen) atoms. The summed E-state index contributed by atoms with van der Waals surface area (Å²) in [5, 5.41) is 12.5. The van der Waals surface area contributed by atoms with Crippen LogP contribution in [0.4, 0.5) is 5.69 Å². The molecule has 0 spiro atoms. The molecule has 0 aliphatic heterocycles. The number of anilines is 1. The second-order valence-corrected chi connectivity index (χ2v) is 5.68. The fourth-order valence-corrected chi connectivity index (χ4v) is 2.21. The minimum atomic E-state index is -0.763. The van der Waals surface area contributed by atoms with Gasteiger partial charge in [0, 0.05) is 11.6 Å². The van der Waals surface area contributed by atoms with Gasteiger partial charge in [-0.1, -0.05) is 24.9 Å². The first-order chi connectivity index (χ1) is 9.81. The second kappa shape index (κ2) is 7.88. The van der Waals surface area contributed by atoms with Crippen molar-refractivity contribution in [1.29, 1.82) is 0 Å². The molecule has 0 bridgehead atoms. The molecule has 1 aromatic rings. The summed E-state index contributed by atoms with van der Waals surface area (Å²) < 4.78 is 0. The van der Waals surface area contributed by atoms with Gasteiger partial charge in [-0.15, -0.1) is 0 Å². The van der Waals surface area contributed by atoms with E-state index in [2.05, 4.69) is 5.32 Å². The van der Waals surface area contributed by atoms with Crippen LogP contribution in [0.3, 0.4) is 0 Å². The van der Waals surface area contributed by atoms with Crippen LogP contribution in [0, 0.1) is 5.92 Å². The van der Waals surface area contributed by atoms with Gasteiger partial charge in [-0.2, -0.15) is 0 Å². The fraction of sp³-hybridized carbons (Fsp3) is 0.467. The third-order valence-corrected chi connectivity index (χ3v) is 3.66. The molecule has 2 unspecified atom stereocenters. The fourth-order valence-electron chi connectivity index (χ4n) is 1.98. The number of nitrogens with two attached hydrogens (primary N) is 1. The van der Waals surface area contributed by atoms with Crippen molar-refractivity contribution >= 4 is 29.2 Å². The van der Waals surface area contributed by atoms with Gasteiger partial charge in [-0.3, -0.25) is 9.59 Å².